The van der Waals surface area contributed by atoms with Gasteiger partial charge in [0.1, 0.15) is 5.82 Å². The molecule has 1 aromatic heterocycles. The topological polar surface area (TPSA) is 83.6 Å². The first kappa shape index (κ1) is 18.7. The third-order valence-electron chi connectivity index (χ3n) is 4.40. The number of nitrogens with one attached hydrogen (secondary N) is 3. The third kappa shape index (κ3) is 5.71. The second kappa shape index (κ2) is 10.1. The third-order valence-corrected chi connectivity index (χ3v) is 4.40. The Balaban J connectivity index is 1.26. The number of rotatable bonds is 9. The van der Waals surface area contributed by atoms with E-state index >= 15 is 0 Å². The molecule has 3 rings (SSSR count). The number of hydrogen-bond donors (Lipinski definition) is 3. The maximum atomic E-state index is 5.76. The number of aromatic nitrogens is 2. The van der Waals surface area contributed by atoms with Crippen molar-refractivity contribution in [1.82, 2.24) is 20.6 Å². The molecule has 0 bridgehead atoms. The number of benzene rings is 1. The highest BCUT2D eigenvalue weighted by molar-refractivity contribution is 5.79. The quantitative estimate of drug-likeness (QED) is 0.362. The number of imidazole rings is 1. The molecule has 1 unspecified atom stereocenters. The van der Waals surface area contributed by atoms with Crippen molar-refractivity contribution >= 4 is 17.0 Å². The SMILES string of the molecule is CN=C(NCCCOC1CCOC1)NCCCc1nc2ccccc2[nH]1. The summed E-state index contributed by atoms with van der Waals surface area (Å²) < 4.78 is 11.1. The van der Waals surface area contributed by atoms with Crippen LogP contribution in [0.25, 0.3) is 11.0 Å². The number of aliphatic imine (C=N–C) groups is 1. The molecule has 0 saturated carbocycles. The fourth-order valence-corrected chi connectivity index (χ4v) is 2.98. The number of guanidine groups is 1. The van der Waals surface area contributed by atoms with Gasteiger partial charge in [0.05, 0.1) is 23.7 Å². The van der Waals surface area contributed by atoms with Crippen molar-refractivity contribution < 1.29 is 9.47 Å². The summed E-state index contributed by atoms with van der Waals surface area (Å²) in [4.78, 5) is 12.2. The van der Waals surface area contributed by atoms with E-state index in [-0.39, 0.29) is 6.10 Å². The van der Waals surface area contributed by atoms with Gasteiger partial charge in [-0.25, -0.2) is 4.98 Å². The summed E-state index contributed by atoms with van der Waals surface area (Å²) in [6.07, 6.45) is 4.16. The molecule has 0 amide bonds. The molecule has 7 heteroatoms. The van der Waals surface area contributed by atoms with Gasteiger partial charge in [-0.15, -0.1) is 0 Å². The maximum Gasteiger partial charge on any atom is 0.190 e. The lowest BCUT2D eigenvalue weighted by Gasteiger charge is -2.13. The first-order chi connectivity index (χ1) is 12.8. The fourth-order valence-electron chi connectivity index (χ4n) is 2.98. The van der Waals surface area contributed by atoms with E-state index in [9.17, 15) is 0 Å². The van der Waals surface area contributed by atoms with Crippen molar-refractivity contribution in [1.29, 1.82) is 0 Å². The smallest absolute Gasteiger partial charge is 0.190 e. The molecule has 0 radical (unpaired) electrons. The van der Waals surface area contributed by atoms with E-state index in [0.29, 0.717) is 0 Å². The van der Waals surface area contributed by atoms with Crippen molar-refractivity contribution in [3.63, 3.8) is 0 Å². The predicted octanol–water partition coefficient (Wildman–Crippen LogP) is 1.86. The highest BCUT2D eigenvalue weighted by Gasteiger charge is 2.15. The molecule has 7 nitrogen and oxygen atoms in total. The van der Waals surface area contributed by atoms with Gasteiger partial charge in [0.2, 0.25) is 0 Å². The van der Waals surface area contributed by atoms with Crippen LogP contribution in [-0.4, -0.2) is 62.0 Å². The van der Waals surface area contributed by atoms with Crippen LogP contribution in [0.2, 0.25) is 0 Å². The number of H-pyrrole nitrogens is 1. The molecule has 142 valence electrons. The monoisotopic (exact) mass is 359 g/mol. The molecule has 2 heterocycles. The molecular weight excluding hydrogens is 330 g/mol. The first-order valence-electron chi connectivity index (χ1n) is 9.42. The molecule has 26 heavy (non-hydrogen) atoms. The first-order valence-corrected chi connectivity index (χ1v) is 9.42. The molecule has 1 fully saturated rings. The summed E-state index contributed by atoms with van der Waals surface area (Å²) in [5.41, 5.74) is 2.12. The van der Waals surface area contributed by atoms with Gasteiger partial charge in [-0.3, -0.25) is 4.99 Å². The van der Waals surface area contributed by atoms with Gasteiger partial charge in [-0.2, -0.15) is 0 Å². The molecule has 3 N–H and O–H groups in total. The van der Waals surface area contributed by atoms with Crippen molar-refractivity contribution in [2.75, 3.05) is 40.0 Å². The standard InChI is InChI=1S/C19H29N5O2/c1-20-19(22-11-5-12-26-15-9-13-25-14-15)21-10-4-8-18-23-16-6-2-3-7-17(16)24-18/h2-3,6-7,15H,4-5,8-14H2,1H3,(H,23,24)(H2,20,21,22). The van der Waals surface area contributed by atoms with E-state index in [1.807, 2.05) is 18.2 Å². The highest BCUT2D eigenvalue weighted by Crippen LogP contribution is 2.11. The number of ether oxygens (including phenoxy) is 2. The molecule has 1 saturated heterocycles. The molecular formula is C19H29N5O2. The van der Waals surface area contributed by atoms with Crippen LogP contribution in [0.5, 0.6) is 0 Å². The van der Waals surface area contributed by atoms with Crippen LogP contribution < -0.4 is 10.6 Å². The van der Waals surface area contributed by atoms with E-state index in [2.05, 4.69) is 31.7 Å². The minimum absolute atomic E-state index is 0.283. The fraction of sp³-hybridized carbons (Fsp3) is 0.579. The van der Waals surface area contributed by atoms with Crippen LogP contribution in [0.3, 0.4) is 0 Å². The van der Waals surface area contributed by atoms with Crippen LogP contribution in [0.15, 0.2) is 29.3 Å². The van der Waals surface area contributed by atoms with Gasteiger partial charge in [0, 0.05) is 39.8 Å². The summed E-state index contributed by atoms with van der Waals surface area (Å²) in [5.74, 6) is 1.86. The highest BCUT2D eigenvalue weighted by atomic mass is 16.5. The second-order valence-corrected chi connectivity index (χ2v) is 6.44. The predicted molar refractivity (Wildman–Crippen MR) is 104 cm³/mol. The molecule has 0 spiro atoms. The van der Waals surface area contributed by atoms with E-state index in [4.69, 9.17) is 9.47 Å². The number of hydrogen-bond acceptors (Lipinski definition) is 4. The Labute approximate surface area is 154 Å². The van der Waals surface area contributed by atoms with Crippen molar-refractivity contribution in [2.45, 2.75) is 31.8 Å². The van der Waals surface area contributed by atoms with Gasteiger partial charge in [-0.1, -0.05) is 12.1 Å². The van der Waals surface area contributed by atoms with E-state index < -0.39 is 0 Å². The van der Waals surface area contributed by atoms with Crippen LogP contribution in [0, 0.1) is 0 Å². The largest absolute Gasteiger partial charge is 0.379 e. The van der Waals surface area contributed by atoms with Gasteiger partial charge in [0.15, 0.2) is 5.96 Å². The number of para-hydroxylation sites is 2. The van der Waals surface area contributed by atoms with Crippen molar-refractivity contribution in [3.05, 3.63) is 30.1 Å². The summed E-state index contributed by atoms with van der Waals surface area (Å²) in [6, 6.07) is 8.12. The summed E-state index contributed by atoms with van der Waals surface area (Å²) in [6.45, 7) is 4.02. The second-order valence-electron chi connectivity index (χ2n) is 6.44. The van der Waals surface area contributed by atoms with Crippen LogP contribution in [0.1, 0.15) is 25.1 Å². The molecule has 1 aliphatic rings. The Bertz CT molecular complexity index is 661. The number of nitrogens with zero attached hydrogens (tertiary/aromatic N) is 2. The Kier molecular flexibility index (Phi) is 7.27. The summed E-state index contributed by atoms with van der Waals surface area (Å²) >= 11 is 0. The van der Waals surface area contributed by atoms with Crippen LogP contribution in [-0.2, 0) is 15.9 Å². The summed E-state index contributed by atoms with van der Waals surface area (Å²) in [5, 5.41) is 6.66. The zero-order valence-electron chi connectivity index (χ0n) is 15.5. The average Bonchev–Trinajstić information content (AvgIpc) is 3.32. The van der Waals surface area contributed by atoms with Crippen LogP contribution in [0.4, 0.5) is 0 Å². The molecule has 1 atom stereocenters. The minimum atomic E-state index is 0.283. The van der Waals surface area contributed by atoms with Gasteiger partial charge in [-0.05, 0) is 31.4 Å². The Morgan fingerprint density at radius 2 is 2.15 bits per heavy atom. The van der Waals surface area contributed by atoms with E-state index in [0.717, 1.165) is 81.4 Å². The Morgan fingerprint density at radius 3 is 2.92 bits per heavy atom. The number of fused-ring (bicyclic) bond motifs is 1. The van der Waals surface area contributed by atoms with Gasteiger partial charge >= 0.3 is 0 Å². The van der Waals surface area contributed by atoms with Crippen LogP contribution >= 0.6 is 0 Å². The van der Waals surface area contributed by atoms with E-state index in [1.165, 1.54) is 0 Å². The maximum absolute atomic E-state index is 5.76. The van der Waals surface area contributed by atoms with Gasteiger partial charge < -0.3 is 25.1 Å². The normalized spacial score (nSPS) is 17.7. The van der Waals surface area contributed by atoms with E-state index in [1.54, 1.807) is 7.05 Å². The zero-order chi connectivity index (χ0) is 18.0. The summed E-state index contributed by atoms with van der Waals surface area (Å²) in [7, 11) is 1.79. The lowest BCUT2D eigenvalue weighted by molar-refractivity contribution is 0.0420. The number of aryl methyl sites for hydroxylation is 1. The Morgan fingerprint density at radius 1 is 1.31 bits per heavy atom. The molecule has 0 aliphatic carbocycles. The molecule has 1 aliphatic heterocycles. The lowest BCUT2D eigenvalue weighted by Crippen LogP contribution is -2.38. The average molecular weight is 359 g/mol. The zero-order valence-corrected chi connectivity index (χ0v) is 15.5. The van der Waals surface area contributed by atoms with Crippen molar-refractivity contribution in [3.8, 4) is 0 Å². The molecule has 1 aromatic carbocycles. The molecule has 2 aromatic rings. The number of aromatic amines is 1. The van der Waals surface area contributed by atoms with Gasteiger partial charge in [0.25, 0.3) is 0 Å². The van der Waals surface area contributed by atoms with Crippen molar-refractivity contribution in [2.24, 2.45) is 4.99 Å². The Hall–Kier alpha value is -2.12. The lowest BCUT2D eigenvalue weighted by atomic mass is 10.3. The minimum Gasteiger partial charge on any atom is -0.379 e.